The minimum atomic E-state index is -0.589. The first-order valence-corrected chi connectivity index (χ1v) is 7.04. The Morgan fingerprint density at radius 3 is 2.86 bits per heavy atom. The number of aromatic nitrogens is 1. The zero-order chi connectivity index (χ0) is 15.2. The van der Waals surface area contributed by atoms with Gasteiger partial charge in [0.15, 0.2) is 6.10 Å². The van der Waals surface area contributed by atoms with Crippen LogP contribution >= 0.6 is 11.6 Å². The third-order valence-corrected chi connectivity index (χ3v) is 3.41. The second kappa shape index (κ2) is 7.09. The van der Waals surface area contributed by atoms with Gasteiger partial charge in [-0.2, -0.15) is 0 Å². The van der Waals surface area contributed by atoms with Crippen molar-refractivity contribution < 1.29 is 9.53 Å². The summed E-state index contributed by atoms with van der Waals surface area (Å²) in [6.45, 7) is 3.98. The Morgan fingerprint density at radius 1 is 1.38 bits per heavy atom. The number of amides is 1. The lowest BCUT2D eigenvalue weighted by molar-refractivity contribution is -0.127. The molecular formula is C16H17ClN2O2. The van der Waals surface area contributed by atoms with Gasteiger partial charge in [-0.3, -0.25) is 9.78 Å². The van der Waals surface area contributed by atoms with Crippen LogP contribution in [0.3, 0.4) is 0 Å². The van der Waals surface area contributed by atoms with E-state index in [0.717, 1.165) is 11.3 Å². The van der Waals surface area contributed by atoms with Gasteiger partial charge in [-0.25, -0.2) is 0 Å². The van der Waals surface area contributed by atoms with Crippen LogP contribution in [0.2, 0.25) is 5.02 Å². The maximum absolute atomic E-state index is 12.0. The van der Waals surface area contributed by atoms with Crippen LogP contribution in [0.25, 0.3) is 0 Å². The molecule has 5 heteroatoms. The molecule has 0 bridgehead atoms. The smallest absolute Gasteiger partial charge is 0.261 e. The summed E-state index contributed by atoms with van der Waals surface area (Å²) in [5.41, 5.74) is 1.72. The molecule has 0 aliphatic rings. The van der Waals surface area contributed by atoms with Gasteiger partial charge in [0.25, 0.3) is 5.91 Å². The van der Waals surface area contributed by atoms with Gasteiger partial charge < -0.3 is 10.1 Å². The molecule has 0 aliphatic heterocycles. The lowest BCUT2D eigenvalue weighted by Crippen LogP contribution is -2.36. The van der Waals surface area contributed by atoms with E-state index in [2.05, 4.69) is 10.3 Å². The number of hydrogen-bond donors (Lipinski definition) is 1. The molecule has 1 N–H and O–H groups in total. The topological polar surface area (TPSA) is 51.2 Å². The Morgan fingerprint density at radius 2 is 2.19 bits per heavy atom. The molecule has 1 aromatic heterocycles. The van der Waals surface area contributed by atoms with Gasteiger partial charge in [0.2, 0.25) is 0 Å². The molecule has 0 saturated heterocycles. The Kier molecular flexibility index (Phi) is 5.17. The average Bonchev–Trinajstić information content (AvgIpc) is 2.49. The number of benzene rings is 1. The molecule has 1 unspecified atom stereocenters. The van der Waals surface area contributed by atoms with Crippen molar-refractivity contribution in [2.75, 3.05) is 0 Å². The van der Waals surface area contributed by atoms with Crippen molar-refractivity contribution in [3.05, 3.63) is 58.9 Å². The van der Waals surface area contributed by atoms with Crippen LogP contribution < -0.4 is 10.1 Å². The SMILES string of the molecule is Cc1cc(OC(C)C(=O)NCc2ccccn2)ccc1Cl. The highest BCUT2D eigenvalue weighted by molar-refractivity contribution is 6.31. The van der Waals surface area contributed by atoms with Gasteiger partial charge in [-0.05, 0) is 49.7 Å². The molecule has 0 saturated carbocycles. The van der Waals surface area contributed by atoms with E-state index in [9.17, 15) is 4.79 Å². The zero-order valence-corrected chi connectivity index (χ0v) is 12.7. The van der Waals surface area contributed by atoms with Gasteiger partial charge >= 0.3 is 0 Å². The van der Waals surface area contributed by atoms with E-state index in [1.54, 1.807) is 25.3 Å². The fourth-order valence-corrected chi connectivity index (χ4v) is 1.89. The first-order chi connectivity index (χ1) is 10.1. The van der Waals surface area contributed by atoms with E-state index in [1.807, 2.05) is 31.2 Å². The van der Waals surface area contributed by atoms with Gasteiger partial charge in [-0.15, -0.1) is 0 Å². The quantitative estimate of drug-likeness (QED) is 0.923. The molecule has 0 spiro atoms. The van der Waals surface area contributed by atoms with E-state index in [4.69, 9.17) is 16.3 Å². The van der Waals surface area contributed by atoms with Crippen LogP contribution in [-0.2, 0) is 11.3 Å². The number of rotatable bonds is 5. The van der Waals surface area contributed by atoms with Gasteiger partial charge in [0.05, 0.1) is 12.2 Å². The summed E-state index contributed by atoms with van der Waals surface area (Å²) in [6, 6.07) is 10.9. The first kappa shape index (κ1) is 15.3. The lowest BCUT2D eigenvalue weighted by atomic mass is 10.2. The van der Waals surface area contributed by atoms with E-state index in [1.165, 1.54) is 0 Å². The van der Waals surface area contributed by atoms with E-state index < -0.39 is 6.10 Å². The third kappa shape index (κ3) is 4.46. The van der Waals surface area contributed by atoms with Crippen molar-refractivity contribution in [3.63, 3.8) is 0 Å². The maximum atomic E-state index is 12.0. The summed E-state index contributed by atoms with van der Waals surface area (Å²) < 4.78 is 5.61. The number of carbonyl (C=O) groups excluding carboxylic acids is 1. The summed E-state index contributed by atoms with van der Waals surface area (Å²) >= 11 is 5.96. The van der Waals surface area contributed by atoms with Crippen molar-refractivity contribution >= 4 is 17.5 Å². The first-order valence-electron chi connectivity index (χ1n) is 6.66. The highest BCUT2D eigenvalue weighted by atomic mass is 35.5. The Bertz CT molecular complexity index is 617. The Hall–Kier alpha value is -2.07. The normalized spacial score (nSPS) is 11.8. The number of nitrogens with zero attached hydrogens (tertiary/aromatic N) is 1. The molecule has 1 atom stereocenters. The number of pyridine rings is 1. The number of hydrogen-bond acceptors (Lipinski definition) is 3. The Balaban J connectivity index is 1.88. The van der Waals surface area contributed by atoms with Crippen molar-refractivity contribution in [3.8, 4) is 5.75 Å². The average molecular weight is 305 g/mol. The van der Waals surface area contributed by atoms with Crippen LogP contribution in [0.15, 0.2) is 42.6 Å². The van der Waals surface area contributed by atoms with E-state index in [0.29, 0.717) is 17.3 Å². The van der Waals surface area contributed by atoms with Crippen molar-refractivity contribution in [2.45, 2.75) is 26.5 Å². The maximum Gasteiger partial charge on any atom is 0.261 e. The zero-order valence-electron chi connectivity index (χ0n) is 12.0. The van der Waals surface area contributed by atoms with Gasteiger partial charge in [0.1, 0.15) is 5.75 Å². The van der Waals surface area contributed by atoms with Crippen LogP contribution in [0.4, 0.5) is 0 Å². The molecular weight excluding hydrogens is 288 g/mol. The number of carbonyl (C=O) groups is 1. The molecule has 1 heterocycles. The largest absolute Gasteiger partial charge is 0.481 e. The van der Waals surface area contributed by atoms with Crippen LogP contribution in [0.5, 0.6) is 5.75 Å². The number of ether oxygens (including phenoxy) is 1. The summed E-state index contributed by atoms with van der Waals surface area (Å²) in [4.78, 5) is 16.1. The van der Waals surface area contributed by atoms with E-state index in [-0.39, 0.29) is 5.91 Å². The standard InChI is InChI=1S/C16H17ClN2O2/c1-11-9-14(6-7-15(11)17)21-12(2)16(20)19-10-13-5-3-4-8-18-13/h3-9,12H,10H2,1-2H3,(H,19,20). The van der Waals surface area contributed by atoms with Gasteiger partial charge in [-0.1, -0.05) is 17.7 Å². The molecule has 4 nitrogen and oxygen atoms in total. The van der Waals surface area contributed by atoms with Crippen LogP contribution in [0.1, 0.15) is 18.2 Å². The monoisotopic (exact) mass is 304 g/mol. The summed E-state index contributed by atoms with van der Waals surface area (Å²) in [7, 11) is 0. The third-order valence-electron chi connectivity index (χ3n) is 2.98. The second-order valence-electron chi connectivity index (χ2n) is 4.71. The highest BCUT2D eigenvalue weighted by Crippen LogP contribution is 2.21. The second-order valence-corrected chi connectivity index (χ2v) is 5.12. The minimum absolute atomic E-state index is 0.187. The summed E-state index contributed by atoms with van der Waals surface area (Å²) in [6.07, 6.45) is 1.10. The van der Waals surface area contributed by atoms with Crippen molar-refractivity contribution in [1.29, 1.82) is 0 Å². The molecule has 1 aromatic carbocycles. The summed E-state index contributed by atoms with van der Waals surface area (Å²) in [5, 5.41) is 3.47. The molecule has 0 radical (unpaired) electrons. The fraction of sp³-hybridized carbons (Fsp3) is 0.250. The molecule has 21 heavy (non-hydrogen) atoms. The molecule has 110 valence electrons. The molecule has 1 amide bonds. The molecule has 2 rings (SSSR count). The predicted octanol–water partition coefficient (Wildman–Crippen LogP) is 3.13. The van der Waals surface area contributed by atoms with Crippen molar-refractivity contribution in [2.24, 2.45) is 0 Å². The highest BCUT2D eigenvalue weighted by Gasteiger charge is 2.14. The lowest BCUT2D eigenvalue weighted by Gasteiger charge is -2.15. The van der Waals surface area contributed by atoms with E-state index >= 15 is 0 Å². The number of aryl methyl sites for hydroxylation is 1. The molecule has 0 fully saturated rings. The predicted molar refractivity (Wildman–Crippen MR) is 82.4 cm³/mol. The summed E-state index contributed by atoms with van der Waals surface area (Å²) in [5.74, 6) is 0.436. The number of nitrogens with one attached hydrogen (secondary N) is 1. The molecule has 2 aromatic rings. The molecule has 0 aliphatic carbocycles. The fourth-order valence-electron chi connectivity index (χ4n) is 1.77. The van der Waals surface area contributed by atoms with Crippen LogP contribution in [0, 0.1) is 6.92 Å². The Labute approximate surface area is 129 Å². The number of halogens is 1. The van der Waals surface area contributed by atoms with Gasteiger partial charge in [0, 0.05) is 11.2 Å². The van der Waals surface area contributed by atoms with Crippen LogP contribution in [-0.4, -0.2) is 17.0 Å². The van der Waals surface area contributed by atoms with Crippen molar-refractivity contribution in [1.82, 2.24) is 10.3 Å². The minimum Gasteiger partial charge on any atom is -0.481 e.